The Labute approximate surface area is 224 Å². The molecule has 0 saturated heterocycles. The monoisotopic (exact) mass is 535 g/mol. The lowest BCUT2D eigenvalue weighted by molar-refractivity contribution is -0.115. The van der Waals surface area contributed by atoms with Crippen LogP contribution in [-0.2, 0) is 11.3 Å². The Hall–Kier alpha value is -4.18. The van der Waals surface area contributed by atoms with Crippen molar-refractivity contribution in [2.45, 2.75) is 18.1 Å². The van der Waals surface area contributed by atoms with E-state index in [0.29, 0.717) is 50.5 Å². The fourth-order valence-electron chi connectivity index (χ4n) is 3.94. The highest BCUT2D eigenvalue weighted by molar-refractivity contribution is 7.99. The Morgan fingerprint density at radius 3 is 2.24 bits per heavy atom. The van der Waals surface area contributed by atoms with Gasteiger partial charge in [-0.05, 0) is 54.1 Å². The number of amides is 1. The number of benzene rings is 3. The zero-order valence-corrected chi connectivity index (χ0v) is 22.5. The van der Waals surface area contributed by atoms with Gasteiger partial charge in [0.1, 0.15) is 5.75 Å². The van der Waals surface area contributed by atoms with Crippen molar-refractivity contribution in [3.8, 4) is 23.0 Å². The molecule has 4 rings (SSSR count). The number of thioether (sulfide) groups is 1. The predicted octanol–water partition coefficient (Wildman–Crippen LogP) is 4.60. The third-order valence-corrected chi connectivity index (χ3v) is 6.80. The lowest BCUT2D eigenvalue weighted by Crippen LogP contribution is -2.24. The van der Waals surface area contributed by atoms with E-state index in [2.05, 4.69) is 5.32 Å². The first-order valence-corrected chi connectivity index (χ1v) is 12.8. The van der Waals surface area contributed by atoms with Gasteiger partial charge >= 0.3 is 0 Å². The quantitative estimate of drug-likeness (QED) is 0.220. The highest BCUT2D eigenvalue weighted by Crippen LogP contribution is 2.38. The van der Waals surface area contributed by atoms with Gasteiger partial charge in [0.05, 0.1) is 45.9 Å². The van der Waals surface area contributed by atoms with Gasteiger partial charge < -0.3 is 24.3 Å². The van der Waals surface area contributed by atoms with Crippen LogP contribution >= 0.6 is 11.8 Å². The maximum absolute atomic E-state index is 13.5. The summed E-state index contributed by atoms with van der Waals surface area (Å²) in [6.07, 6.45) is 0.240. The summed E-state index contributed by atoms with van der Waals surface area (Å²) in [5.74, 6) is 2.47. The molecule has 0 aliphatic rings. The van der Waals surface area contributed by atoms with Crippen LogP contribution in [0.5, 0.6) is 23.0 Å². The Morgan fingerprint density at radius 2 is 1.61 bits per heavy atom. The summed E-state index contributed by atoms with van der Waals surface area (Å²) < 4.78 is 23.1. The first kappa shape index (κ1) is 26.9. The molecule has 1 heterocycles. The van der Waals surface area contributed by atoms with Crippen LogP contribution in [-0.4, -0.2) is 49.7 Å². The molecule has 0 atom stereocenters. The largest absolute Gasteiger partial charge is 0.497 e. The van der Waals surface area contributed by atoms with Crippen molar-refractivity contribution in [1.29, 1.82) is 0 Å². The molecule has 1 aromatic heterocycles. The van der Waals surface area contributed by atoms with Gasteiger partial charge in [-0.25, -0.2) is 4.98 Å². The minimum absolute atomic E-state index is 0.137. The standard InChI is InChI=1S/C28H29N3O6S/c1-34-20-11-9-19(10-12-20)29-25(32)13-14-38-28-30-22-8-6-5-7-21(22)27(33)31(28)17-18-15-23(35-2)26(37-4)24(16-18)36-3/h5-12,15-16H,13-14,17H2,1-4H3,(H,29,32). The number of para-hydroxylation sites is 1. The van der Waals surface area contributed by atoms with E-state index in [9.17, 15) is 9.59 Å². The van der Waals surface area contributed by atoms with Crippen molar-refractivity contribution in [3.05, 3.63) is 76.6 Å². The topological polar surface area (TPSA) is 101 Å². The number of methoxy groups -OCH3 is 4. The molecule has 0 unspecified atom stereocenters. The number of anilines is 1. The number of carbonyl (C=O) groups excluding carboxylic acids is 1. The van der Waals surface area contributed by atoms with E-state index >= 15 is 0 Å². The van der Waals surface area contributed by atoms with Gasteiger partial charge in [-0.1, -0.05) is 23.9 Å². The SMILES string of the molecule is COc1ccc(NC(=O)CCSc2nc3ccccc3c(=O)n2Cc2cc(OC)c(OC)c(OC)c2)cc1. The maximum atomic E-state index is 13.5. The minimum Gasteiger partial charge on any atom is -0.497 e. The number of fused-ring (bicyclic) bond motifs is 1. The Kier molecular flexibility index (Phi) is 8.75. The summed E-state index contributed by atoms with van der Waals surface area (Å²) in [6, 6.07) is 18.0. The molecule has 3 aromatic carbocycles. The summed E-state index contributed by atoms with van der Waals surface area (Å²) in [5, 5.41) is 3.90. The highest BCUT2D eigenvalue weighted by atomic mass is 32.2. The van der Waals surface area contributed by atoms with Crippen molar-refractivity contribution in [2.24, 2.45) is 0 Å². The van der Waals surface area contributed by atoms with Crippen LogP contribution in [0.3, 0.4) is 0 Å². The number of carbonyl (C=O) groups is 1. The molecular weight excluding hydrogens is 506 g/mol. The average molecular weight is 536 g/mol. The van der Waals surface area contributed by atoms with Crippen LogP contribution in [0.1, 0.15) is 12.0 Å². The van der Waals surface area contributed by atoms with Gasteiger partial charge in [0, 0.05) is 17.9 Å². The molecule has 198 valence electrons. The van der Waals surface area contributed by atoms with Gasteiger partial charge in [0.25, 0.3) is 5.56 Å². The molecule has 0 fully saturated rings. The summed E-state index contributed by atoms with van der Waals surface area (Å²) in [6.45, 7) is 0.230. The molecular formula is C28H29N3O6S. The zero-order chi connectivity index (χ0) is 27.1. The van der Waals surface area contributed by atoms with Crippen LogP contribution in [0.4, 0.5) is 5.69 Å². The smallest absolute Gasteiger partial charge is 0.262 e. The molecule has 0 radical (unpaired) electrons. The number of nitrogens with one attached hydrogen (secondary N) is 1. The molecule has 9 nitrogen and oxygen atoms in total. The van der Waals surface area contributed by atoms with Crippen molar-refractivity contribution >= 4 is 34.3 Å². The second kappa shape index (κ2) is 12.4. The number of hydrogen-bond acceptors (Lipinski definition) is 8. The number of aromatic nitrogens is 2. The number of hydrogen-bond donors (Lipinski definition) is 1. The first-order valence-electron chi connectivity index (χ1n) is 11.8. The summed E-state index contributed by atoms with van der Waals surface area (Å²) >= 11 is 1.35. The second-order valence-corrected chi connectivity index (χ2v) is 9.27. The van der Waals surface area contributed by atoms with E-state index in [1.807, 2.05) is 12.1 Å². The number of ether oxygens (including phenoxy) is 4. The molecule has 10 heteroatoms. The van der Waals surface area contributed by atoms with E-state index in [0.717, 1.165) is 5.56 Å². The fraction of sp³-hybridized carbons (Fsp3) is 0.250. The molecule has 4 aromatic rings. The van der Waals surface area contributed by atoms with Crippen molar-refractivity contribution in [2.75, 3.05) is 39.5 Å². The van der Waals surface area contributed by atoms with E-state index in [4.69, 9.17) is 23.9 Å². The molecule has 0 aliphatic carbocycles. The number of rotatable bonds is 11. The van der Waals surface area contributed by atoms with E-state index in [1.54, 1.807) is 74.4 Å². The van der Waals surface area contributed by atoms with Gasteiger partial charge in [-0.2, -0.15) is 0 Å². The van der Waals surface area contributed by atoms with Crippen LogP contribution in [0.25, 0.3) is 10.9 Å². The third-order valence-electron chi connectivity index (χ3n) is 5.83. The summed E-state index contributed by atoms with van der Waals surface area (Å²) in [7, 11) is 6.22. The van der Waals surface area contributed by atoms with Gasteiger partial charge in [-0.3, -0.25) is 14.2 Å². The lowest BCUT2D eigenvalue weighted by atomic mass is 10.1. The van der Waals surface area contributed by atoms with Crippen molar-refractivity contribution < 1.29 is 23.7 Å². The Morgan fingerprint density at radius 1 is 0.921 bits per heavy atom. The molecule has 0 aliphatic heterocycles. The van der Waals surface area contributed by atoms with E-state index in [-0.39, 0.29) is 24.4 Å². The molecule has 0 spiro atoms. The zero-order valence-electron chi connectivity index (χ0n) is 21.6. The number of nitrogens with zero attached hydrogens (tertiary/aromatic N) is 2. The van der Waals surface area contributed by atoms with E-state index < -0.39 is 0 Å². The predicted molar refractivity (Wildman–Crippen MR) is 148 cm³/mol. The third kappa shape index (κ3) is 6.03. The van der Waals surface area contributed by atoms with Crippen LogP contribution < -0.4 is 29.8 Å². The van der Waals surface area contributed by atoms with Gasteiger partial charge in [-0.15, -0.1) is 0 Å². The Balaban J connectivity index is 1.58. The first-order chi connectivity index (χ1) is 18.5. The molecule has 38 heavy (non-hydrogen) atoms. The maximum Gasteiger partial charge on any atom is 0.262 e. The fourth-order valence-corrected chi connectivity index (χ4v) is 4.88. The van der Waals surface area contributed by atoms with E-state index in [1.165, 1.54) is 18.9 Å². The minimum atomic E-state index is -0.172. The summed E-state index contributed by atoms with van der Waals surface area (Å²) in [4.78, 5) is 30.8. The molecule has 1 amide bonds. The van der Waals surface area contributed by atoms with Crippen molar-refractivity contribution in [3.63, 3.8) is 0 Å². The molecule has 0 bridgehead atoms. The van der Waals surface area contributed by atoms with Crippen LogP contribution in [0.2, 0.25) is 0 Å². The lowest BCUT2D eigenvalue weighted by Gasteiger charge is -2.16. The van der Waals surface area contributed by atoms with Crippen LogP contribution in [0.15, 0.2) is 70.6 Å². The van der Waals surface area contributed by atoms with Gasteiger partial charge in [0.15, 0.2) is 16.7 Å². The summed E-state index contributed by atoms with van der Waals surface area (Å²) in [5.41, 5.74) is 1.89. The Bertz CT molecular complexity index is 1460. The van der Waals surface area contributed by atoms with Crippen molar-refractivity contribution in [1.82, 2.24) is 9.55 Å². The van der Waals surface area contributed by atoms with Gasteiger partial charge in [0.2, 0.25) is 11.7 Å². The highest BCUT2D eigenvalue weighted by Gasteiger charge is 2.17. The molecule has 0 saturated carbocycles. The van der Waals surface area contributed by atoms with Crippen LogP contribution in [0, 0.1) is 0 Å². The average Bonchev–Trinajstić information content (AvgIpc) is 2.94. The molecule has 1 N–H and O–H groups in total. The second-order valence-electron chi connectivity index (χ2n) is 8.21. The normalized spacial score (nSPS) is 10.7.